The first-order valence-corrected chi connectivity index (χ1v) is 9.52. The number of aliphatic hydroxyl groups excluding tert-OH is 3. The number of benzene rings is 1. The number of hydrogen-bond acceptors (Lipinski definition) is 3. The van der Waals surface area contributed by atoms with Gasteiger partial charge in [0, 0.05) is 0 Å². The van der Waals surface area contributed by atoms with E-state index in [9.17, 15) is 15.3 Å². The second kappa shape index (κ2) is 11.6. The van der Waals surface area contributed by atoms with Crippen LogP contribution in [0.25, 0.3) is 0 Å². The standard InChI is InChI=1S/C21H36O3/c1-16(22)7-4-10-19-13-20(11-5-8-17(2)23)15-21(14-19)12-6-9-18(3)24/h13-18,22-24H,4-12H2,1-3H3. The summed E-state index contributed by atoms with van der Waals surface area (Å²) >= 11 is 0. The van der Waals surface area contributed by atoms with Gasteiger partial charge in [-0.1, -0.05) is 18.2 Å². The van der Waals surface area contributed by atoms with Crippen LogP contribution in [0.3, 0.4) is 0 Å². The Balaban J connectivity index is 2.68. The minimum atomic E-state index is -0.232. The lowest BCUT2D eigenvalue weighted by atomic mass is 9.95. The molecule has 138 valence electrons. The number of aryl methyl sites for hydroxylation is 3. The van der Waals surface area contributed by atoms with Crippen LogP contribution >= 0.6 is 0 Å². The summed E-state index contributed by atoms with van der Waals surface area (Å²) in [5.41, 5.74) is 4.03. The lowest BCUT2D eigenvalue weighted by Gasteiger charge is -2.12. The Labute approximate surface area is 147 Å². The number of hydrogen-bond donors (Lipinski definition) is 3. The molecule has 0 fully saturated rings. The zero-order chi connectivity index (χ0) is 17.9. The Bertz CT molecular complexity index is 373. The molecule has 0 spiro atoms. The lowest BCUT2D eigenvalue weighted by Crippen LogP contribution is -2.03. The van der Waals surface area contributed by atoms with Crippen LogP contribution in [0.1, 0.15) is 76.0 Å². The first-order valence-electron chi connectivity index (χ1n) is 9.52. The van der Waals surface area contributed by atoms with Crippen molar-refractivity contribution in [1.82, 2.24) is 0 Å². The molecule has 0 aliphatic heterocycles. The van der Waals surface area contributed by atoms with Crippen LogP contribution in [0, 0.1) is 0 Å². The van der Waals surface area contributed by atoms with E-state index in [1.807, 2.05) is 20.8 Å². The lowest BCUT2D eigenvalue weighted by molar-refractivity contribution is 0.181. The summed E-state index contributed by atoms with van der Waals surface area (Å²) in [7, 11) is 0. The third kappa shape index (κ3) is 10.1. The summed E-state index contributed by atoms with van der Waals surface area (Å²) < 4.78 is 0. The van der Waals surface area contributed by atoms with Crippen LogP contribution < -0.4 is 0 Å². The summed E-state index contributed by atoms with van der Waals surface area (Å²) in [6.07, 6.45) is 7.82. The zero-order valence-corrected chi connectivity index (χ0v) is 15.7. The van der Waals surface area contributed by atoms with E-state index in [2.05, 4.69) is 18.2 Å². The topological polar surface area (TPSA) is 60.7 Å². The van der Waals surface area contributed by atoms with Gasteiger partial charge in [0.25, 0.3) is 0 Å². The van der Waals surface area contributed by atoms with Gasteiger partial charge in [0.1, 0.15) is 0 Å². The molecule has 0 saturated carbocycles. The predicted molar refractivity (Wildman–Crippen MR) is 100 cm³/mol. The highest BCUT2D eigenvalue weighted by atomic mass is 16.3. The maximum atomic E-state index is 9.43. The molecule has 0 aromatic heterocycles. The van der Waals surface area contributed by atoms with Gasteiger partial charge in [-0.3, -0.25) is 0 Å². The molecule has 3 nitrogen and oxygen atoms in total. The first kappa shape index (κ1) is 21.1. The van der Waals surface area contributed by atoms with Crippen LogP contribution in [0.2, 0.25) is 0 Å². The normalized spacial score (nSPS) is 15.2. The average Bonchev–Trinajstić information content (AvgIpc) is 2.46. The van der Waals surface area contributed by atoms with Crippen molar-refractivity contribution in [3.63, 3.8) is 0 Å². The van der Waals surface area contributed by atoms with E-state index in [-0.39, 0.29) is 18.3 Å². The number of aliphatic hydroxyl groups is 3. The second-order valence-corrected chi connectivity index (χ2v) is 7.38. The third-order valence-corrected chi connectivity index (χ3v) is 4.37. The van der Waals surface area contributed by atoms with Crippen molar-refractivity contribution >= 4 is 0 Å². The Morgan fingerprint density at radius 2 is 0.833 bits per heavy atom. The molecule has 3 N–H and O–H groups in total. The molecule has 3 atom stereocenters. The van der Waals surface area contributed by atoms with Gasteiger partial charge in [0.05, 0.1) is 18.3 Å². The molecule has 0 aliphatic carbocycles. The molecule has 0 heterocycles. The van der Waals surface area contributed by atoms with Gasteiger partial charge in [-0.25, -0.2) is 0 Å². The van der Waals surface area contributed by atoms with Crippen molar-refractivity contribution in [2.75, 3.05) is 0 Å². The van der Waals surface area contributed by atoms with E-state index >= 15 is 0 Å². The minimum absolute atomic E-state index is 0.232. The maximum Gasteiger partial charge on any atom is 0.0512 e. The third-order valence-electron chi connectivity index (χ3n) is 4.37. The van der Waals surface area contributed by atoms with Gasteiger partial charge in [-0.05, 0) is 95.2 Å². The van der Waals surface area contributed by atoms with E-state index in [0.29, 0.717) is 0 Å². The summed E-state index contributed by atoms with van der Waals surface area (Å²) in [6.45, 7) is 5.52. The predicted octanol–water partition coefficient (Wildman–Crippen LogP) is 3.80. The molecule has 1 aromatic rings. The van der Waals surface area contributed by atoms with Crippen molar-refractivity contribution in [3.8, 4) is 0 Å². The first-order chi connectivity index (χ1) is 11.4. The quantitative estimate of drug-likeness (QED) is 0.544. The van der Waals surface area contributed by atoms with Crippen LogP contribution in [-0.2, 0) is 19.3 Å². The van der Waals surface area contributed by atoms with E-state index in [1.54, 1.807) is 0 Å². The van der Waals surface area contributed by atoms with Crippen LogP contribution in [-0.4, -0.2) is 33.6 Å². The minimum Gasteiger partial charge on any atom is -0.393 e. The van der Waals surface area contributed by atoms with Crippen molar-refractivity contribution in [3.05, 3.63) is 34.9 Å². The Kier molecular flexibility index (Phi) is 10.2. The average molecular weight is 337 g/mol. The highest BCUT2D eigenvalue weighted by Gasteiger charge is 2.05. The van der Waals surface area contributed by atoms with Gasteiger partial charge >= 0.3 is 0 Å². The molecule has 0 saturated heterocycles. The van der Waals surface area contributed by atoms with Gasteiger partial charge in [0.2, 0.25) is 0 Å². The SMILES string of the molecule is CC(O)CCCc1cc(CCCC(C)O)cc(CCCC(C)O)c1. The molecule has 0 aliphatic rings. The van der Waals surface area contributed by atoms with E-state index in [1.165, 1.54) is 16.7 Å². The van der Waals surface area contributed by atoms with Crippen LogP contribution in [0.5, 0.6) is 0 Å². The molecule has 0 radical (unpaired) electrons. The fourth-order valence-corrected chi connectivity index (χ4v) is 3.08. The summed E-state index contributed by atoms with van der Waals surface area (Å²) in [5, 5.41) is 28.3. The van der Waals surface area contributed by atoms with Gasteiger partial charge in [-0.15, -0.1) is 0 Å². The largest absolute Gasteiger partial charge is 0.393 e. The summed E-state index contributed by atoms with van der Waals surface area (Å²) in [4.78, 5) is 0. The van der Waals surface area contributed by atoms with Crippen molar-refractivity contribution < 1.29 is 15.3 Å². The molecular formula is C21H36O3. The summed E-state index contributed by atoms with van der Waals surface area (Å²) in [5.74, 6) is 0. The molecule has 1 rings (SSSR count). The highest BCUT2D eigenvalue weighted by Crippen LogP contribution is 2.18. The molecule has 3 heteroatoms. The van der Waals surface area contributed by atoms with Gasteiger partial charge in [-0.2, -0.15) is 0 Å². The molecule has 0 bridgehead atoms. The smallest absolute Gasteiger partial charge is 0.0512 e. The maximum absolute atomic E-state index is 9.43. The fraction of sp³-hybridized carbons (Fsp3) is 0.714. The second-order valence-electron chi connectivity index (χ2n) is 7.38. The highest BCUT2D eigenvalue weighted by molar-refractivity contribution is 5.30. The number of rotatable bonds is 12. The van der Waals surface area contributed by atoms with E-state index in [0.717, 1.165) is 57.8 Å². The van der Waals surface area contributed by atoms with E-state index < -0.39 is 0 Å². The van der Waals surface area contributed by atoms with Crippen molar-refractivity contribution in [2.45, 2.75) is 96.9 Å². The van der Waals surface area contributed by atoms with Crippen LogP contribution in [0.15, 0.2) is 18.2 Å². The summed E-state index contributed by atoms with van der Waals surface area (Å²) in [6, 6.07) is 6.84. The van der Waals surface area contributed by atoms with Crippen molar-refractivity contribution in [2.24, 2.45) is 0 Å². The molecular weight excluding hydrogens is 300 g/mol. The Hall–Kier alpha value is -0.900. The molecule has 3 unspecified atom stereocenters. The Morgan fingerprint density at radius 1 is 0.583 bits per heavy atom. The molecule has 24 heavy (non-hydrogen) atoms. The fourth-order valence-electron chi connectivity index (χ4n) is 3.08. The monoisotopic (exact) mass is 336 g/mol. The Morgan fingerprint density at radius 3 is 1.04 bits per heavy atom. The van der Waals surface area contributed by atoms with Gasteiger partial charge in [0.15, 0.2) is 0 Å². The zero-order valence-electron chi connectivity index (χ0n) is 15.7. The van der Waals surface area contributed by atoms with Gasteiger partial charge < -0.3 is 15.3 Å². The van der Waals surface area contributed by atoms with E-state index in [4.69, 9.17) is 0 Å². The van der Waals surface area contributed by atoms with Crippen LogP contribution in [0.4, 0.5) is 0 Å². The van der Waals surface area contributed by atoms with Crippen molar-refractivity contribution in [1.29, 1.82) is 0 Å². The molecule has 1 aromatic carbocycles. The molecule has 0 amide bonds.